The molecule has 8 nitrogen and oxygen atoms in total. The molecule has 4 atom stereocenters. The first kappa shape index (κ1) is 25.9. The maximum absolute atomic E-state index is 13.5. The maximum Gasteiger partial charge on any atom is 0.251 e. The molecule has 4 unspecified atom stereocenters. The summed E-state index contributed by atoms with van der Waals surface area (Å²) in [6, 6.07) is 5.27. The van der Waals surface area contributed by atoms with E-state index in [9.17, 15) is 9.59 Å². The van der Waals surface area contributed by atoms with Crippen molar-refractivity contribution in [1.29, 1.82) is 0 Å². The van der Waals surface area contributed by atoms with Crippen LogP contribution in [0.25, 0.3) is 0 Å². The standard InChI is InChI=1S/C27H44N6O2/c1-16-10-17(2)31-27(35)24(16)14-29-26(34)23-11-19(20-13-30-32(4)15-20)12-25(18(23)3)33(5)22-8-6-21(28)7-9-22/h11-12,16-17,20-22,24,30H,6-10,13-15,28H2,1-5H3,(H,29,34)(H,31,35). The van der Waals surface area contributed by atoms with E-state index >= 15 is 0 Å². The number of amides is 2. The van der Waals surface area contributed by atoms with Gasteiger partial charge >= 0.3 is 0 Å². The van der Waals surface area contributed by atoms with Gasteiger partial charge in [0.05, 0.1) is 5.92 Å². The second-order valence-electron chi connectivity index (χ2n) is 11.3. The normalized spacial score (nSPS) is 31.8. The van der Waals surface area contributed by atoms with Crippen LogP contribution in [0, 0.1) is 18.8 Å². The number of nitrogens with zero attached hydrogens (tertiary/aromatic N) is 2. The average molecular weight is 485 g/mol. The summed E-state index contributed by atoms with van der Waals surface area (Å²) in [5.74, 6) is 0.316. The van der Waals surface area contributed by atoms with Crippen LogP contribution >= 0.6 is 0 Å². The Morgan fingerprint density at radius 3 is 2.57 bits per heavy atom. The smallest absolute Gasteiger partial charge is 0.251 e. The monoisotopic (exact) mass is 484 g/mol. The van der Waals surface area contributed by atoms with Crippen LogP contribution in [0.1, 0.15) is 73.4 Å². The Hall–Kier alpha value is -2.16. The Morgan fingerprint density at radius 1 is 1.23 bits per heavy atom. The summed E-state index contributed by atoms with van der Waals surface area (Å²) in [5.41, 5.74) is 13.6. The number of nitrogens with two attached hydrogens (primary N) is 1. The van der Waals surface area contributed by atoms with E-state index in [2.05, 4.69) is 66.0 Å². The Bertz CT molecular complexity index is 928. The summed E-state index contributed by atoms with van der Waals surface area (Å²) in [6.07, 6.45) is 5.16. The van der Waals surface area contributed by atoms with Crippen molar-refractivity contribution in [2.24, 2.45) is 17.6 Å². The molecule has 8 heteroatoms. The van der Waals surface area contributed by atoms with Gasteiger partial charge in [0, 0.05) is 69.0 Å². The van der Waals surface area contributed by atoms with Crippen LogP contribution in [0.2, 0.25) is 0 Å². The number of hydrogen-bond donors (Lipinski definition) is 4. The number of carbonyl (C=O) groups excluding carboxylic acids is 2. The van der Waals surface area contributed by atoms with E-state index in [4.69, 9.17) is 5.73 Å². The molecular weight excluding hydrogens is 440 g/mol. The van der Waals surface area contributed by atoms with Crippen LogP contribution in [-0.2, 0) is 4.79 Å². The van der Waals surface area contributed by atoms with Gasteiger partial charge in [-0.05, 0) is 75.1 Å². The minimum absolute atomic E-state index is 0.0398. The zero-order chi connectivity index (χ0) is 25.3. The fourth-order valence-electron chi connectivity index (χ4n) is 6.17. The van der Waals surface area contributed by atoms with Crippen LogP contribution in [0.3, 0.4) is 0 Å². The van der Waals surface area contributed by atoms with Crippen LogP contribution in [0.5, 0.6) is 0 Å². The molecule has 1 aliphatic carbocycles. The van der Waals surface area contributed by atoms with Gasteiger partial charge in [-0.2, -0.15) is 0 Å². The molecule has 194 valence electrons. The predicted molar refractivity (Wildman–Crippen MR) is 140 cm³/mol. The fourth-order valence-corrected chi connectivity index (χ4v) is 6.17. The third-order valence-corrected chi connectivity index (χ3v) is 8.51. The Morgan fingerprint density at radius 2 is 1.94 bits per heavy atom. The number of rotatable bonds is 6. The third-order valence-electron chi connectivity index (χ3n) is 8.51. The Labute approximate surface area is 210 Å². The van der Waals surface area contributed by atoms with Crippen molar-refractivity contribution >= 4 is 17.5 Å². The van der Waals surface area contributed by atoms with Gasteiger partial charge in [-0.1, -0.05) is 6.92 Å². The molecular formula is C27H44N6O2. The highest BCUT2D eigenvalue weighted by Crippen LogP contribution is 2.34. The first-order chi connectivity index (χ1) is 16.6. The molecule has 4 rings (SSSR count). The topological polar surface area (TPSA) is 103 Å². The SMILES string of the molecule is Cc1c(C(=O)NCC2C(=O)NC(C)CC2C)cc(C2CNN(C)C2)cc1N(C)C1CCC(N)CC1. The van der Waals surface area contributed by atoms with Crippen LogP contribution in [0.15, 0.2) is 12.1 Å². The quantitative estimate of drug-likeness (QED) is 0.493. The maximum atomic E-state index is 13.5. The molecule has 35 heavy (non-hydrogen) atoms. The van der Waals surface area contributed by atoms with Crippen molar-refractivity contribution in [1.82, 2.24) is 21.1 Å². The average Bonchev–Trinajstić information content (AvgIpc) is 3.24. The van der Waals surface area contributed by atoms with Crippen molar-refractivity contribution in [2.45, 2.75) is 76.9 Å². The molecule has 1 aromatic carbocycles. The number of hydrogen-bond acceptors (Lipinski definition) is 6. The summed E-state index contributed by atoms with van der Waals surface area (Å²) in [7, 11) is 4.21. The van der Waals surface area contributed by atoms with E-state index in [-0.39, 0.29) is 29.7 Å². The molecule has 2 amide bonds. The number of benzene rings is 1. The van der Waals surface area contributed by atoms with Crippen molar-refractivity contribution in [2.75, 3.05) is 38.6 Å². The van der Waals surface area contributed by atoms with E-state index in [0.29, 0.717) is 30.1 Å². The molecule has 1 saturated carbocycles. The molecule has 5 N–H and O–H groups in total. The second-order valence-corrected chi connectivity index (χ2v) is 11.3. The number of hydrazine groups is 1. The molecule has 0 spiro atoms. The third kappa shape index (κ3) is 5.81. The lowest BCUT2D eigenvalue weighted by Crippen LogP contribution is -2.50. The van der Waals surface area contributed by atoms with Gasteiger partial charge in [0.1, 0.15) is 0 Å². The summed E-state index contributed by atoms with van der Waals surface area (Å²) in [5, 5.41) is 8.24. The van der Waals surface area contributed by atoms with Crippen LogP contribution in [0.4, 0.5) is 5.69 Å². The Balaban J connectivity index is 1.58. The van der Waals surface area contributed by atoms with Crippen molar-refractivity contribution < 1.29 is 9.59 Å². The molecule has 0 radical (unpaired) electrons. The first-order valence-corrected chi connectivity index (χ1v) is 13.3. The van der Waals surface area contributed by atoms with Crippen molar-refractivity contribution in [3.63, 3.8) is 0 Å². The zero-order valence-electron chi connectivity index (χ0n) is 22.1. The van der Waals surface area contributed by atoms with Crippen LogP contribution < -0.4 is 26.7 Å². The molecule has 2 saturated heterocycles. The lowest BCUT2D eigenvalue weighted by Gasteiger charge is -2.36. The minimum Gasteiger partial charge on any atom is -0.371 e. The highest BCUT2D eigenvalue weighted by Gasteiger charge is 2.33. The molecule has 0 aromatic heterocycles. The van der Waals surface area contributed by atoms with Crippen molar-refractivity contribution in [3.8, 4) is 0 Å². The Kier molecular flexibility index (Phi) is 8.03. The van der Waals surface area contributed by atoms with Gasteiger partial charge < -0.3 is 21.3 Å². The fraction of sp³-hybridized carbons (Fsp3) is 0.704. The number of anilines is 1. The second kappa shape index (κ2) is 10.8. The number of carbonyl (C=O) groups is 2. The van der Waals surface area contributed by atoms with Crippen LogP contribution in [-0.4, -0.2) is 68.7 Å². The van der Waals surface area contributed by atoms with E-state index in [1.54, 1.807) is 0 Å². The molecule has 3 fully saturated rings. The lowest BCUT2D eigenvalue weighted by molar-refractivity contribution is -0.129. The summed E-state index contributed by atoms with van der Waals surface area (Å²) in [4.78, 5) is 28.4. The van der Waals surface area contributed by atoms with Gasteiger partial charge in [-0.3, -0.25) is 15.0 Å². The van der Waals surface area contributed by atoms with E-state index in [0.717, 1.165) is 56.4 Å². The van der Waals surface area contributed by atoms with E-state index < -0.39 is 0 Å². The van der Waals surface area contributed by atoms with E-state index in [1.165, 1.54) is 5.56 Å². The molecule has 3 aliphatic rings. The largest absolute Gasteiger partial charge is 0.371 e. The summed E-state index contributed by atoms with van der Waals surface area (Å²) < 4.78 is 0. The van der Waals surface area contributed by atoms with Gasteiger partial charge in [-0.25, -0.2) is 5.01 Å². The van der Waals surface area contributed by atoms with Gasteiger partial charge in [0.2, 0.25) is 5.91 Å². The summed E-state index contributed by atoms with van der Waals surface area (Å²) >= 11 is 0. The lowest BCUT2D eigenvalue weighted by atomic mass is 9.84. The highest BCUT2D eigenvalue weighted by atomic mass is 16.2. The van der Waals surface area contributed by atoms with Crippen molar-refractivity contribution in [3.05, 3.63) is 28.8 Å². The number of nitrogens with one attached hydrogen (secondary N) is 3. The minimum atomic E-state index is -0.195. The van der Waals surface area contributed by atoms with Gasteiger partial charge in [0.15, 0.2) is 0 Å². The zero-order valence-corrected chi connectivity index (χ0v) is 22.1. The van der Waals surface area contributed by atoms with E-state index in [1.807, 2.05) is 6.92 Å². The summed E-state index contributed by atoms with van der Waals surface area (Å²) in [6.45, 7) is 8.32. The van der Waals surface area contributed by atoms with Gasteiger partial charge in [0.25, 0.3) is 5.91 Å². The van der Waals surface area contributed by atoms with Gasteiger partial charge in [-0.15, -0.1) is 0 Å². The number of likely N-dealkylation sites (N-methyl/N-ethyl adjacent to an activating group) is 1. The predicted octanol–water partition coefficient (Wildman–Crippen LogP) is 2.13. The molecule has 0 bridgehead atoms. The first-order valence-electron chi connectivity index (χ1n) is 13.3. The molecule has 2 aliphatic heterocycles. The molecule has 2 heterocycles. The highest BCUT2D eigenvalue weighted by molar-refractivity contribution is 5.97. The number of piperidine rings is 1. The molecule has 1 aromatic rings.